The summed E-state index contributed by atoms with van der Waals surface area (Å²) < 4.78 is 15.9. The van der Waals surface area contributed by atoms with Crippen LogP contribution in [0.25, 0.3) is 0 Å². The van der Waals surface area contributed by atoms with Gasteiger partial charge in [-0.15, -0.1) is 0 Å². The average Bonchev–Trinajstić information content (AvgIpc) is 2.16. The molecule has 0 aromatic rings. The van der Waals surface area contributed by atoms with Crippen LogP contribution in [-0.4, -0.2) is 38.9 Å². The van der Waals surface area contributed by atoms with Gasteiger partial charge >= 0.3 is 0 Å². The van der Waals surface area contributed by atoms with Crippen LogP contribution in [0.1, 0.15) is 13.3 Å². The van der Waals surface area contributed by atoms with Gasteiger partial charge in [0, 0.05) is 30.8 Å². The summed E-state index contributed by atoms with van der Waals surface area (Å²) in [5.41, 5.74) is 0. The molecule has 3 atom stereocenters. The Labute approximate surface area is 83.9 Å². The van der Waals surface area contributed by atoms with Gasteiger partial charge < -0.3 is 13.8 Å². The molecule has 3 unspecified atom stereocenters. The molecular formula is C8H18O3P2. The first-order chi connectivity index (χ1) is 6.26. The summed E-state index contributed by atoms with van der Waals surface area (Å²) in [4.78, 5) is 0. The van der Waals surface area contributed by atoms with Crippen LogP contribution in [0, 0.1) is 0 Å². The van der Waals surface area contributed by atoms with Gasteiger partial charge in [-0.25, -0.2) is 0 Å². The van der Waals surface area contributed by atoms with Gasteiger partial charge in [-0.1, -0.05) is 0 Å². The maximum Gasteiger partial charge on any atom is 0.0895 e. The summed E-state index contributed by atoms with van der Waals surface area (Å²) in [6, 6.07) is 0. The van der Waals surface area contributed by atoms with Crippen LogP contribution in [0.15, 0.2) is 0 Å². The van der Waals surface area contributed by atoms with Gasteiger partial charge in [0.1, 0.15) is 0 Å². The van der Waals surface area contributed by atoms with Crippen LogP contribution in [0.3, 0.4) is 0 Å². The molecule has 0 fully saturated rings. The summed E-state index contributed by atoms with van der Waals surface area (Å²) in [6.45, 7) is 4.69. The van der Waals surface area contributed by atoms with Crippen LogP contribution in [0.4, 0.5) is 0 Å². The molecule has 13 heavy (non-hydrogen) atoms. The number of hydrogen-bond donors (Lipinski definition) is 0. The molecule has 3 nitrogen and oxygen atoms in total. The quantitative estimate of drug-likeness (QED) is 0.467. The van der Waals surface area contributed by atoms with Crippen molar-refractivity contribution in [3.63, 3.8) is 0 Å². The maximum atomic E-state index is 5.54. The minimum atomic E-state index is 0.123. The van der Waals surface area contributed by atoms with E-state index < -0.39 is 0 Å². The third kappa shape index (κ3) is 6.54. The van der Waals surface area contributed by atoms with Crippen LogP contribution in [-0.2, 0) is 13.8 Å². The van der Waals surface area contributed by atoms with Crippen molar-refractivity contribution in [3.05, 3.63) is 0 Å². The van der Waals surface area contributed by atoms with E-state index in [1.54, 1.807) is 7.11 Å². The number of hydrogen-bond acceptors (Lipinski definition) is 3. The Morgan fingerprint density at radius 2 is 2.23 bits per heavy atom. The van der Waals surface area contributed by atoms with Gasteiger partial charge in [0.25, 0.3) is 0 Å². The molecule has 5 heteroatoms. The molecule has 0 aromatic carbocycles. The fourth-order valence-electron chi connectivity index (χ4n) is 0.926. The fourth-order valence-corrected chi connectivity index (χ4v) is 1.77. The molecule has 0 aliphatic carbocycles. The van der Waals surface area contributed by atoms with Crippen LogP contribution >= 0.6 is 17.2 Å². The molecule has 0 radical (unpaired) electrons. The third-order valence-corrected chi connectivity index (χ3v) is 2.65. The van der Waals surface area contributed by atoms with E-state index in [9.17, 15) is 0 Å². The van der Waals surface area contributed by atoms with Gasteiger partial charge in [0.05, 0.1) is 18.8 Å². The molecule has 0 saturated heterocycles. The molecule has 0 spiro atoms. The van der Waals surface area contributed by atoms with Crippen molar-refractivity contribution >= 4 is 23.5 Å². The minimum absolute atomic E-state index is 0.123. The lowest BCUT2D eigenvalue weighted by Crippen LogP contribution is -2.27. The highest BCUT2D eigenvalue weighted by Gasteiger charge is 2.16. The molecule has 0 rings (SSSR count). The molecule has 0 amide bonds. The SMILES string of the molecule is C=POCCC(OPC)C(C)OC. The number of ether oxygens (including phenoxy) is 1. The predicted molar refractivity (Wildman–Crippen MR) is 60.2 cm³/mol. The third-order valence-electron chi connectivity index (χ3n) is 1.75. The normalized spacial score (nSPS) is 16.8. The predicted octanol–water partition coefficient (Wildman–Crippen LogP) is 2.33. The fraction of sp³-hybridized carbons (Fsp3) is 0.875. The molecule has 0 heterocycles. The first-order valence-electron chi connectivity index (χ1n) is 4.19. The molecule has 0 N–H and O–H groups in total. The van der Waals surface area contributed by atoms with E-state index in [-0.39, 0.29) is 12.2 Å². The Bertz CT molecular complexity index is 133. The lowest BCUT2D eigenvalue weighted by molar-refractivity contribution is 0.0126. The van der Waals surface area contributed by atoms with E-state index in [4.69, 9.17) is 13.8 Å². The molecular weight excluding hydrogens is 206 g/mol. The van der Waals surface area contributed by atoms with Crippen molar-refractivity contribution < 1.29 is 13.8 Å². The van der Waals surface area contributed by atoms with Gasteiger partial charge in [0.15, 0.2) is 0 Å². The Kier molecular flexibility index (Phi) is 9.39. The summed E-state index contributed by atoms with van der Waals surface area (Å²) in [7, 11) is 2.91. The second kappa shape index (κ2) is 9.05. The highest BCUT2D eigenvalue weighted by atomic mass is 31.1. The average molecular weight is 224 g/mol. The van der Waals surface area contributed by atoms with E-state index in [2.05, 4.69) is 6.30 Å². The zero-order chi connectivity index (χ0) is 10.1. The first kappa shape index (κ1) is 13.5. The van der Waals surface area contributed by atoms with E-state index in [1.807, 2.05) is 13.6 Å². The Hall–Kier alpha value is 0.480. The van der Waals surface area contributed by atoms with Crippen LogP contribution in [0.2, 0.25) is 0 Å². The van der Waals surface area contributed by atoms with Crippen LogP contribution < -0.4 is 0 Å². The van der Waals surface area contributed by atoms with Crippen molar-refractivity contribution in [2.75, 3.05) is 20.4 Å². The second-order valence-corrected chi connectivity index (χ2v) is 3.71. The second-order valence-electron chi connectivity index (χ2n) is 2.55. The standard InChI is InChI=1S/C8H18O3P2/c1-7(9-2)8(11-13-4)5-6-10-12-3/h7-8,13H,3,5-6H2,1-2,4H3. The van der Waals surface area contributed by atoms with Gasteiger partial charge in [0.2, 0.25) is 0 Å². The van der Waals surface area contributed by atoms with E-state index in [0.29, 0.717) is 15.4 Å². The van der Waals surface area contributed by atoms with E-state index in [1.165, 1.54) is 0 Å². The van der Waals surface area contributed by atoms with Crippen molar-refractivity contribution in [2.45, 2.75) is 25.6 Å². The summed E-state index contributed by atoms with van der Waals surface area (Å²) in [5.74, 6) is 0. The molecule has 78 valence electrons. The Balaban J connectivity index is 3.71. The highest BCUT2D eigenvalue weighted by molar-refractivity contribution is 7.31. The van der Waals surface area contributed by atoms with E-state index in [0.717, 1.165) is 14.9 Å². The molecule has 0 aliphatic heterocycles. The van der Waals surface area contributed by atoms with Gasteiger partial charge in [-0.05, 0) is 19.9 Å². The first-order valence-corrected chi connectivity index (χ1v) is 6.60. The van der Waals surface area contributed by atoms with Crippen molar-refractivity contribution in [2.24, 2.45) is 0 Å². The zero-order valence-corrected chi connectivity index (χ0v) is 10.3. The number of rotatable bonds is 8. The van der Waals surface area contributed by atoms with Crippen molar-refractivity contribution in [1.29, 1.82) is 0 Å². The maximum absolute atomic E-state index is 5.54. The number of methoxy groups -OCH3 is 1. The van der Waals surface area contributed by atoms with Crippen molar-refractivity contribution in [1.82, 2.24) is 0 Å². The van der Waals surface area contributed by atoms with Crippen molar-refractivity contribution in [3.8, 4) is 0 Å². The summed E-state index contributed by atoms with van der Waals surface area (Å²) >= 11 is 0. The van der Waals surface area contributed by atoms with Crippen LogP contribution in [0.5, 0.6) is 0 Å². The Morgan fingerprint density at radius 1 is 1.54 bits per heavy atom. The lowest BCUT2D eigenvalue weighted by Gasteiger charge is -2.21. The minimum Gasteiger partial charge on any atom is -0.379 e. The van der Waals surface area contributed by atoms with Gasteiger partial charge in [-0.3, -0.25) is 0 Å². The molecule has 0 bridgehead atoms. The summed E-state index contributed by atoms with van der Waals surface area (Å²) in [5, 5.41) is 0. The highest BCUT2D eigenvalue weighted by Crippen LogP contribution is 2.17. The topological polar surface area (TPSA) is 27.7 Å². The van der Waals surface area contributed by atoms with Gasteiger partial charge in [-0.2, -0.15) is 0 Å². The molecule has 0 aliphatic rings. The Morgan fingerprint density at radius 3 is 2.69 bits per heavy atom. The summed E-state index contributed by atoms with van der Waals surface area (Å²) in [6.07, 6.45) is 4.69. The monoisotopic (exact) mass is 224 g/mol. The smallest absolute Gasteiger partial charge is 0.0895 e. The largest absolute Gasteiger partial charge is 0.379 e. The zero-order valence-electron chi connectivity index (χ0n) is 8.45. The molecule has 0 aromatic heterocycles. The molecule has 0 saturated carbocycles. The lowest BCUT2D eigenvalue weighted by atomic mass is 10.2. The van der Waals surface area contributed by atoms with E-state index >= 15 is 0 Å².